The second-order valence-electron chi connectivity index (χ2n) is 4.57. The first-order chi connectivity index (χ1) is 9.31. The summed E-state index contributed by atoms with van der Waals surface area (Å²) in [6.07, 6.45) is -4.66. The third-order valence-electron chi connectivity index (χ3n) is 2.72. The molecule has 0 radical (unpaired) electrons. The Morgan fingerprint density at radius 2 is 1.75 bits per heavy atom. The van der Waals surface area contributed by atoms with E-state index >= 15 is 0 Å². The van der Waals surface area contributed by atoms with Crippen LogP contribution in [0, 0.1) is 0 Å². The van der Waals surface area contributed by atoms with Crippen molar-refractivity contribution in [2.24, 2.45) is 0 Å². The Hall–Kier alpha value is -1.27. The zero-order valence-electron chi connectivity index (χ0n) is 11.8. The summed E-state index contributed by atoms with van der Waals surface area (Å²) in [7, 11) is 0. The maximum atomic E-state index is 12.0. The fourth-order valence-electron chi connectivity index (χ4n) is 1.82. The molecule has 0 aromatic heterocycles. The Bertz CT molecular complexity index is 392. The highest BCUT2D eigenvalue weighted by atomic mass is 19.4. The molecule has 0 spiro atoms. The predicted molar refractivity (Wildman–Crippen MR) is 70.6 cm³/mol. The summed E-state index contributed by atoms with van der Waals surface area (Å²) in [5, 5.41) is 3.31. The molecule has 0 aliphatic carbocycles. The van der Waals surface area contributed by atoms with E-state index in [4.69, 9.17) is 4.74 Å². The molecule has 2 atom stereocenters. The summed E-state index contributed by atoms with van der Waals surface area (Å²) in [6.45, 7) is 7.12. The van der Waals surface area contributed by atoms with E-state index in [-0.39, 0.29) is 17.8 Å². The van der Waals surface area contributed by atoms with Crippen LogP contribution in [-0.2, 0) is 4.74 Å². The molecule has 0 bridgehead atoms. The summed E-state index contributed by atoms with van der Waals surface area (Å²) in [4.78, 5) is 0. The molecule has 0 aliphatic heterocycles. The smallest absolute Gasteiger partial charge is 0.406 e. The third-order valence-corrected chi connectivity index (χ3v) is 2.72. The van der Waals surface area contributed by atoms with Crippen LogP contribution in [0.3, 0.4) is 0 Å². The number of rotatable bonds is 7. The van der Waals surface area contributed by atoms with Crippen molar-refractivity contribution in [3.8, 4) is 5.75 Å². The van der Waals surface area contributed by atoms with Gasteiger partial charge in [0.25, 0.3) is 0 Å². The van der Waals surface area contributed by atoms with Crippen molar-refractivity contribution in [1.29, 1.82) is 0 Å². The molecule has 0 heterocycles. The maximum Gasteiger partial charge on any atom is 0.573 e. The fourth-order valence-corrected chi connectivity index (χ4v) is 1.82. The maximum absolute atomic E-state index is 12.0. The number of benzene rings is 1. The van der Waals surface area contributed by atoms with Gasteiger partial charge in [0.2, 0.25) is 0 Å². The van der Waals surface area contributed by atoms with Crippen LogP contribution in [0.25, 0.3) is 0 Å². The van der Waals surface area contributed by atoms with Crippen LogP contribution in [0.5, 0.6) is 5.75 Å². The number of hydrogen-bond acceptors (Lipinski definition) is 3. The molecule has 2 unspecified atom stereocenters. The molecule has 1 N–H and O–H groups in total. The molecule has 1 aromatic rings. The van der Waals surface area contributed by atoms with Crippen molar-refractivity contribution < 1.29 is 22.6 Å². The van der Waals surface area contributed by atoms with Gasteiger partial charge in [-0.1, -0.05) is 12.1 Å². The summed E-state index contributed by atoms with van der Waals surface area (Å²) in [5.41, 5.74) is 0.892. The van der Waals surface area contributed by atoms with Crippen LogP contribution in [0.15, 0.2) is 24.3 Å². The molecule has 114 valence electrons. The van der Waals surface area contributed by atoms with E-state index in [0.29, 0.717) is 13.2 Å². The highest BCUT2D eigenvalue weighted by molar-refractivity contribution is 5.29. The number of alkyl halides is 3. The van der Waals surface area contributed by atoms with Crippen LogP contribution < -0.4 is 10.1 Å². The fraction of sp³-hybridized carbons (Fsp3) is 0.571. The average Bonchev–Trinajstić information content (AvgIpc) is 2.35. The van der Waals surface area contributed by atoms with Crippen molar-refractivity contribution >= 4 is 0 Å². The molecular formula is C14H20F3NO2. The van der Waals surface area contributed by atoms with Crippen LogP contribution in [0.2, 0.25) is 0 Å². The van der Waals surface area contributed by atoms with Crippen LogP contribution in [0.1, 0.15) is 32.4 Å². The van der Waals surface area contributed by atoms with E-state index in [9.17, 15) is 13.2 Å². The van der Waals surface area contributed by atoms with Gasteiger partial charge in [-0.25, -0.2) is 0 Å². The summed E-state index contributed by atoms with van der Waals surface area (Å²) < 4.78 is 45.3. The summed E-state index contributed by atoms with van der Waals surface area (Å²) >= 11 is 0. The van der Waals surface area contributed by atoms with Gasteiger partial charge in [0, 0.05) is 18.7 Å². The van der Waals surface area contributed by atoms with Crippen LogP contribution in [0.4, 0.5) is 13.2 Å². The Kier molecular flexibility index (Phi) is 6.29. The molecule has 1 aromatic carbocycles. The van der Waals surface area contributed by atoms with Gasteiger partial charge < -0.3 is 14.8 Å². The van der Waals surface area contributed by atoms with Gasteiger partial charge in [0.15, 0.2) is 0 Å². The number of nitrogens with one attached hydrogen (secondary N) is 1. The molecule has 1 rings (SSSR count). The van der Waals surface area contributed by atoms with Crippen molar-refractivity contribution in [1.82, 2.24) is 5.32 Å². The first-order valence-electron chi connectivity index (χ1n) is 6.51. The number of hydrogen-bond donors (Lipinski definition) is 1. The van der Waals surface area contributed by atoms with Gasteiger partial charge in [-0.15, -0.1) is 13.2 Å². The zero-order chi connectivity index (χ0) is 15.2. The molecule has 0 aliphatic rings. The molecule has 0 fully saturated rings. The largest absolute Gasteiger partial charge is 0.573 e. The van der Waals surface area contributed by atoms with E-state index in [0.717, 1.165) is 5.56 Å². The van der Waals surface area contributed by atoms with Crippen molar-refractivity contribution in [2.75, 3.05) is 13.2 Å². The first kappa shape index (κ1) is 16.8. The Labute approximate surface area is 117 Å². The molecule has 0 amide bonds. The van der Waals surface area contributed by atoms with E-state index < -0.39 is 6.36 Å². The minimum absolute atomic E-state index is 0.0189. The molecule has 3 nitrogen and oxygen atoms in total. The summed E-state index contributed by atoms with van der Waals surface area (Å²) in [6, 6.07) is 6.04. The first-order valence-corrected chi connectivity index (χ1v) is 6.51. The second-order valence-corrected chi connectivity index (χ2v) is 4.57. The Balaban J connectivity index is 2.55. The molecule has 0 saturated carbocycles. The highest BCUT2D eigenvalue weighted by Gasteiger charge is 2.31. The second kappa shape index (κ2) is 7.50. The lowest BCUT2D eigenvalue weighted by Crippen LogP contribution is -2.32. The van der Waals surface area contributed by atoms with Gasteiger partial charge in [-0.3, -0.25) is 0 Å². The van der Waals surface area contributed by atoms with E-state index in [2.05, 4.69) is 10.1 Å². The van der Waals surface area contributed by atoms with Gasteiger partial charge in [0.1, 0.15) is 5.75 Å². The standard InChI is InChI=1S/C14H20F3NO2/c1-4-19-9-10(2)18-11(3)12-5-7-13(8-6-12)20-14(15,16)17/h5-8,10-11,18H,4,9H2,1-3H3. The molecule has 20 heavy (non-hydrogen) atoms. The molecular weight excluding hydrogens is 271 g/mol. The monoisotopic (exact) mass is 291 g/mol. The number of halogens is 3. The average molecular weight is 291 g/mol. The van der Waals surface area contributed by atoms with E-state index in [1.54, 1.807) is 12.1 Å². The van der Waals surface area contributed by atoms with Crippen LogP contribution in [-0.4, -0.2) is 25.6 Å². The lowest BCUT2D eigenvalue weighted by molar-refractivity contribution is -0.274. The lowest BCUT2D eigenvalue weighted by Gasteiger charge is -2.20. The van der Waals surface area contributed by atoms with Gasteiger partial charge in [-0.2, -0.15) is 0 Å². The third kappa shape index (κ3) is 6.25. The zero-order valence-corrected chi connectivity index (χ0v) is 11.8. The van der Waals surface area contributed by atoms with E-state index in [1.165, 1.54) is 12.1 Å². The lowest BCUT2D eigenvalue weighted by atomic mass is 10.1. The highest BCUT2D eigenvalue weighted by Crippen LogP contribution is 2.24. The van der Waals surface area contributed by atoms with E-state index in [1.807, 2.05) is 20.8 Å². The van der Waals surface area contributed by atoms with Gasteiger partial charge in [0.05, 0.1) is 6.61 Å². The quantitative estimate of drug-likeness (QED) is 0.831. The Morgan fingerprint density at radius 3 is 2.25 bits per heavy atom. The summed E-state index contributed by atoms with van der Waals surface area (Å²) in [5.74, 6) is -0.212. The minimum Gasteiger partial charge on any atom is -0.406 e. The topological polar surface area (TPSA) is 30.5 Å². The SMILES string of the molecule is CCOCC(C)NC(C)c1ccc(OC(F)(F)F)cc1. The van der Waals surface area contributed by atoms with Crippen molar-refractivity contribution in [2.45, 2.75) is 39.2 Å². The normalized spacial score (nSPS) is 14.9. The van der Waals surface area contributed by atoms with Crippen molar-refractivity contribution in [3.63, 3.8) is 0 Å². The van der Waals surface area contributed by atoms with Crippen LogP contribution >= 0.6 is 0 Å². The number of ether oxygens (including phenoxy) is 2. The van der Waals surface area contributed by atoms with Gasteiger partial charge in [-0.05, 0) is 38.5 Å². The predicted octanol–water partition coefficient (Wildman–Crippen LogP) is 3.66. The minimum atomic E-state index is -4.66. The molecule has 0 saturated heterocycles. The Morgan fingerprint density at radius 1 is 1.15 bits per heavy atom. The van der Waals surface area contributed by atoms with Crippen molar-refractivity contribution in [3.05, 3.63) is 29.8 Å². The van der Waals surface area contributed by atoms with Gasteiger partial charge >= 0.3 is 6.36 Å². The molecule has 6 heteroatoms.